The summed E-state index contributed by atoms with van der Waals surface area (Å²) in [4.78, 5) is 61.4. The van der Waals surface area contributed by atoms with Crippen LogP contribution in [0, 0.1) is 0 Å². The predicted octanol–water partition coefficient (Wildman–Crippen LogP) is 2.59. The summed E-state index contributed by atoms with van der Waals surface area (Å²) in [6.07, 6.45) is 13.1. The number of nitrogens with zero attached hydrogens (tertiary/aromatic N) is 7. The SMILES string of the molecule is COC(=O)CN1CCN(CC(=O)NCCCN=[N+]=[N-])CCN(CC(=O)OC2CCCCCCCCCCC2)CCN(CC(=O)OC)CC1. The molecule has 0 aromatic heterocycles. The number of hydrogen-bond donors (Lipinski definition) is 1. The van der Waals surface area contributed by atoms with Crippen LogP contribution >= 0.6 is 0 Å². The number of amides is 1. The van der Waals surface area contributed by atoms with Crippen LogP contribution in [0.3, 0.4) is 0 Å². The van der Waals surface area contributed by atoms with Gasteiger partial charge in [0, 0.05) is 70.4 Å². The van der Waals surface area contributed by atoms with E-state index in [0.29, 0.717) is 71.9 Å². The Morgan fingerprint density at radius 1 is 0.646 bits per heavy atom. The zero-order valence-electron chi connectivity index (χ0n) is 29.5. The highest BCUT2D eigenvalue weighted by Gasteiger charge is 2.23. The largest absolute Gasteiger partial charge is 0.468 e. The number of ether oxygens (including phenoxy) is 3. The standard InChI is InChI=1S/C33H60N8O7/c1-46-31(43)26-39-19-17-38(25-30(42)35-15-12-16-36-37-34)18-20-41(24-23-40(22-21-39)27-32(44)47-2)28-33(45)48-29-13-10-8-6-4-3-5-7-9-11-14-29/h29H,3-28H2,1-2H3,(H,35,42). The minimum atomic E-state index is -0.364. The van der Waals surface area contributed by atoms with E-state index in [-0.39, 0.29) is 56.1 Å². The Kier molecular flexibility index (Phi) is 22.3. The molecule has 15 nitrogen and oxygen atoms in total. The monoisotopic (exact) mass is 680 g/mol. The van der Waals surface area contributed by atoms with Crippen LogP contribution in [0.1, 0.15) is 77.0 Å². The molecule has 274 valence electrons. The van der Waals surface area contributed by atoms with Crippen LogP contribution in [0.15, 0.2) is 5.11 Å². The Bertz CT molecular complexity index is 985. The molecule has 0 spiro atoms. The third kappa shape index (κ3) is 19.8. The van der Waals surface area contributed by atoms with Crippen molar-refractivity contribution >= 4 is 23.8 Å². The topological polar surface area (TPSA) is 170 Å². The third-order valence-corrected chi connectivity index (χ3v) is 8.98. The zero-order chi connectivity index (χ0) is 34.8. The summed E-state index contributed by atoms with van der Waals surface area (Å²) in [7, 11) is 2.71. The normalized spacial score (nSPS) is 19.6. The minimum absolute atomic E-state index is 0.0694. The second-order valence-corrected chi connectivity index (χ2v) is 12.8. The lowest BCUT2D eigenvalue weighted by molar-refractivity contribution is -0.151. The van der Waals surface area contributed by atoms with Gasteiger partial charge in [-0.15, -0.1) is 0 Å². The lowest BCUT2D eigenvalue weighted by Crippen LogP contribution is -2.50. The van der Waals surface area contributed by atoms with E-state index in [1.807, 2.05) is 19.6 Å². The van der Waals surface area contributed by atoms with Gasteiger partial charge in [-0.2, -0.15) is 0 Å². The van der Waals surface area contributed by atoms with Crippen molar-refractivity contribution in [2.45, 2.75) is 83.2 Å². The Balaban J connectivity index is 2.13. The number of azide groups is 1. The molecule has 0 unspecified atom stereocenters. The molecule has 15 heteroatoms. The summed E-state index contributed by atoms with van der Waals surface area (Å²) in [6.45, 7) is 5.16. The summed E-state index contributed by atoms with van der Waals surface area (Å²) >= 11 is 0. The zero-order valence-corrected chi connectivity index (χ0v) is 29.5. The molecule has 0 atom stereocenters. The first-order valence-corrected chi connectivity index (χ1v) is 17.8. The number of esters is 3. The number of carbonyl (C=O) groups excluding carboxylic acids is 4. The maximum atomic E-state index is 13.4. The fraction of sp³-hybridized carbons (Fsp3) is 0.879. The number of methoxy groups -OCH3 is 2. The average Bonchev–Trinajstić information content (AvgIpc) is 3.06. The molecule has 48 heavy (non-hydrogen) atoms. The highest BCUT2D eigenvalue weighted by molar-refractivity contribution is 5.78. The van der Waals surface area contributed by atoms with Crippen LogP contribution in [0.4, 0.5) is 0 Å². The first kappa shape index (κ1) is 41.2. The molecule has 0 radical (unpaired) electrons. The van der Waals surface area contributed by atoms with Gasteiger partial charge in [0.1, 0.15) is 6.10 Å². The molecule has 1 aliphatic heterocycles. The van der Waals surface area contributed by atoms with Crippen molar-refractivity contribution < 1.29 is 33.4 Å². The van der Waals surface area contributed by atoms with Crippen molar-refractivity contribution in [3.8, 4) is 0 Å². The van der Waals surface area contributed by atoms with Crippen molar-refractivity contribution in [1.82, 2.24) is 24.9 Å². The van der Waals surface area contributed by atoms with E-state index in [9.17, 15) is 19.2 Å². The molecule has 0 bridgehead atoms. The van der Waals surface area contributed by atoms with Gasteiger partial charge >= 0.3 is 17.9 Å². The molecule has 1 saturated carbocycles. The summed E-state index contributed by atoms with van der Waals surface area (Å²) in [5, 5.41) is 6.39. The van der Waals surface area contributed by atoms with E-state index in [1.54, 1.807) is 0 Å². The summed E-state index contributed by atoms with van der Waals surface area (Å²) in [5.41, 5.74) is 8.47. The highest BCUT2D eigenvalue weighted by Crippen LogP contribution is 2.19. The molecule has 1 heterocycles. The van der Waals surface area contributed by atoms with Crippen molar-refractivity contribution in [2.75, 3.05) is 106 Å². The minimum Gasteiger partial charge on any atom is -0.468 e. The molecule has 2 aliphatic rings. The molecule has 1 aliphatic carbocycles. The van der Waals surface area contributed by atoms with Gasteiger partial charge in [-0.1, -0.05) is 50.1 Å². The second kappa shape index (κ2) is 26.0. The summed E-state index contributed by atoms with van der Waals surface area (Å²) in [5.74, 6) is -1.11. The Morgan fingerprint density at radius 3 is 1.46 bits per heavy atom. The molecule has 1 amide bonds. The van der Waals surface area contributed by atoms with E-state index >= 15 is 0 Å². The lowest BCUT2D eigenvalue weighted by atomic mass is 9.99. The van der Waals surface area contributed by atoms with Gasteiger partial charge in [-0.3, -0.25) is 38.8 Å². The fourth-order valence-electron chi connectivity index (χ4n) is 6.04. The van der Waals surface area contributed by atoms with Crippen molar-refractivity contribution in [1.29, 1.82) is 0 Å². The summed E-state index contributed by atoms with van der Waals surface area (Å²) in [6, 6.07) is 0. The van der Waals surface area contributed by atoms with Gasteiger partial charge in [0.25, 0.3) is 0 Å². The van der Waals surface area contributed by atoms with Gasteiger partial charge in [0.2, 0.25) is 5.91 Å². The van der Waals surface area contributed by atoms with E-state index < -0.39 is 0 Å². The van der Waals surface area contributed by atoms with Gasteiger partial charge in [0.15, 0.2) is 0 Å². The van der Waals surface area contributed by atoms with E-state index in [0.717, 1.165) is 25.7 Å². The van der Waals surface area contributed by atoms with Crippen LogP contribution in [0.5, 0.6) is 0 Å². The first-order chi connectivity index (χ1) is 23.3. The lowest BCUT2D eigenvalue weighted by Gasteiger charge is -2.33. The van der Waals surface area contributed by atoms with Crippen LogP contribution in [0.25, 0.3) is 10.4 Å². The Morgan fingerprint density at radius 2 is 1.04 bits per heavy atom. The van der Waals surface area contributed by atoms with E-state index in [2.05, 4.69) is 15.3 Å². The Labute approximate surface area is 286 Å². The third-order valence-electron chi connectivity index (χ3n) is 8.98. The molecule has 1 saturated heterocycles. The van der Waals surface area contributed by atoms with Crippen LogP contribution in [-0.2, 0) is 33.4 Å². The maximum Gasteiger partial charge on any atom is 0.320 e. The van der Waals surface area contributed by atoms with E-state index in [4.69, 9.17) is 19.7 Å². The van der Waals surface area contributed by atoms with Crippen LogP contribution < -0.4 is 5.32 Å². The van der Waals surface area contributed by atoms with Crippen molar-refractivity contribution in [3.63, 3.8) is 0 Å². The molecule has 1 N–H and O–H groups in total. The number of carbonyl (C=O) groups is 4. The van der Waals surface area contributed by atoms with Crippen molar-refractivity contribution in [2.24, 2.45) is 5.11 Å². The second-order valence-electron chi connectivity index (χ2n) is 12.8. The van der Waals surface area contributed by atoms with E-state index in [1.165, 1.54) is 59.2 Å². The smallest absolute Gasteiger partial charge is 0.320 e. The van der Waals surface area contributed by atoms with Crippen molar-refractivity contribution in [3.05, 3.63) is 10.4 Å². The first-order valence-electron chi connectivity index (χ1n) is 17.8. The van der Waals surface area contributed by atoms with Gasteiger partial charge in [-0.25, -0.2) is 0 Å². The highest BCUT2D eigenvalue weighted by atomic mass is 16.5. The number of hydrogen-bond acceptors (Lipinski definition) is 12. The maximum absolute atomic E-state index is 13.4. The fourth-order valence-corrected chi connectivity index (χ4v) is 6.04. The predicted molar refractivity (Wildman–Crippen MR) is 182 cm³/mol. The molecule has 0 aromatic rings. The molecular weight excluding hydrogens is 620 g/mol. The quantitative estimate of drug-likeness (QED) is 0.0758. The molecule has 0 aromatic carbocycles. The average molecular weight is 681 g/mol. The Hall–Kier alpha value is -2.97. The molecule has 2 fully saturated rings. The number of rotatable bonds is 13. The van der Waals surface area contributed by atoms with Gasteiger partial charge < -0.3 is 19.5 Å². The van der Waals surface area contributed by atoms with Crippen LogP contribution in [-0.4, -0.2) is 155 Å². The number of nitrogens with one attached hydrogen (secondary N) is 1. The molecular formula is C33H60N8O7. The van der Waals surface area contributed by atoms with Gasteiger partial charge in [0.05, 0.1) is 40.4 Å². The van der Waals surface area contributed by atoms with Crippen LogP contribution in [0.2, 0.25) is 0 Å². The van der Waals surface area contributed by atoms with Gasteiger partial charge in [-0.05, 0) is 37.6 Å². The summed E-state index contributed by atoms with van der Waals surface area (Å²) < 4.78 is 15.9. The molecule has 2 rings (SSSR count).